The summed E-state index contributed by atoms with van der Waals surface area (Å²) in [4.78, 5) is 25.4. The fraction of sp³-hybridized carbons (Fsp3) is 0.333. The Kier molecular flexibility index (Phi) is 7.68. The minimum atomic E-state index is -4.80. The molecule has 0 unspecified atom stereocenters. The molecule has 0 aliphatic carbocycles. The number of rotatable bonds is 8. The third-order valence-corrected chi connectivity index (χ3v) is 4.02. The molecular weight excluding hydrogens is 401 g/mol. The van der Waals surface area contributed by atoms with Crippen molar-refractivity contribution >= 4 is 17.5 Å². The number of halogens is 3. The predicted octanol–water partition coefficient (Wildman–Crippen LogP) is 4.38. The van der Waals surface area contributed by atoms with E-state index in [1.54, 1.807) is 45.0 Å². The molecule has 2 rings (SSSR count). The topological polar surface area (TPSA) is 76.7 Å². The molecule has 0 bridgehead atoms. The number of hydrogen-bond acceptors (Lipinski definition) is 4. The van der Waals surface area contributed by atoms with Gasteiger partial charge in [0.1, 0.15) is 17.5 Å². The van der Waals surface area contributed by atoms with Gasteiger partial charge >= 0.3 is 6.36 Å². The molecule has 6 nitrogen and oxygen atoms in total. The van der Waals surface area contributed by atoms with Crippen LogP contribution in [0.1, 0.15) is 31.1 Å². The van der Waals surface area contributed by atoms with Crippen LogP contribution in [0.5, 0.6) is 11.5 Å². The lowest BCUT2D eigenvalue weighted by molar-refractivity contribution is -0.274. The lowest BCUT2D eigenvalue weighted by Gasteiger charge is -2.22. The molecule has 9 heteroatoms. The summed E-state index contributed by atoms with van der Waals surface area (Å²) in [7, 11) is 0. The van der Waals surface area contributed by atoms with Gasteiger partial charge in [0.2, 0.25) is 5.91 Å². The molecule has 1 atom stereocenters. The molecule has 2 amide bonds. The van der Waals surface area contributed by atoms with E-state index in [0.717, 1.165) is 12.1 Å². The largest absolute Gasteiger partial charge is 0.573 e. The minimum Gasteiger partial charge on any atom is -0.493 e. The van der Waals surface area contributed by atoms with Crippen molar-refractivity contribution in [1.29, 1.82) is 0 Å². The minimum absolute atomic E-state index is 0.249. The number of carbonyl (C=O) groups is 2. The SMILES string of the molecule is CCOc1ccccc1C(=O)N[C@H](C(=O)Nc1ccc(OC(F)(F)F)cc1)C(C)C. The standard InChI is InChI=1S/C21H23F3N2O4/c1-4-29-17-8-6-5-7-16(17)19(27)26-18(13(2)3)20(28)25-14-9-11-15(12-10-14)30-21(22,23)24/h5-13,18H,4H2,1-3H3,(H,25,28)(H,26,27)/t18-/m0/s1. The molecule has 0 aliphatic rings. The highest BCUT2D eigenvalue weighted by atomic mass is 19.4. The molecule has 0 fully saturated rings. The Labute approximate surface area is 172 Å². The third kappa shape index (κ3) is 6.68. The summed E-state index contributed by atoms with van der Waals surface area (Å²) in [6.45, 7) is 5.70. The van der Waals surface area contributed by atoms with Crippen LogP contribution in [-0.4, -0.2) is 30.8 Å². The second-order valence-corrected chi connectivity index (χ2v) is 6.69. The van der Waals surface area contributed by atoms with Crippen molar-refractivity contribution in [3.63, 3.8) is 0 Å². The lowest BCUT2D eigenvalue weighted by atomic mass is 10.0. The van der Waals surface area contributed by atoms with Crippen LogP contribution >= 0.6 is 0 Å². The first-order valence-corrected chi connectivity index (χ1v) is 9.30. The molecule has 0 spiro atoms. The maximum atomic E-state index is 12.7. The van der Waals surface area contributed by atoms with Gasteiger partial charge in [-0.25, -0.2) is 0 Å². The Morgan fingerprint density at radius 1 is 1.03 bits per heavy atom. The Bertz CT molecular complexity index is 867. The first-order chi connectivity index (χ1) is 14.1. The van der Waals surface area contributed by atoms with Crippen LogP contribution < -0.4 is 20.1 Å². The van der Waals surface area contributed by atoms with E-state index in [9.17, 15) is 22.8 Å². The predicted molar refractivity (Wildman–Crippen MR) is 105 cm³/mol. The van der Waals surface area contributed by atoms with Crippen LogP contribution in [0, 0.1) is 5.92 Å². The maximum Gasteiger partial charge on any atom is 0.573 e. The zero-order chi connectivity index (χ0) is 22.3. The van der Waals surface area contributed by atoms with Gasteiger partial charge < -0.3 is 20.1 Å². The van der Waals surface area contributed by atoms with Gasteiger partial charge in [0.25, 0.3) is 5.91 Å². The monoisotopic (exact) mass is 424 g/mol. The summed E-state index contributed by atoms with van der Waals surface area (Å²) >= 11 is 0. The summed E-state index contributed by atoms with van der Waals surface area (Å²) < 4.78 is 46.0. The van der Waals surface area contributed by atoms with Gasteiger partial charge in [-0.15, -0.1) is 13.2 Å². The summed E-state index contributed by atoms with van der Waals surface area (Å²) in [5.74, 6) is -1.22. The van der Waals surface area contributed by atoms with Crippen molar-refractivity contribution in [2.45, 2.75) is 33.2 Å². The van der Waals surface area contributed by atoms with Crippen LogP contribution in [0.4, 0.5) is 18.9 Å². The van der Waals surface area contributed by atoms with Crippen molar-refractivity contribution in [3.8, 4) is 11.5 Å². The third-order valence-electron chi connectivity index (χ3n) is 4.02. The van der Waals surface area contributed by atoms with Gasteiger partial charge in [-0.05, 0) is 49.2 Å². The van der Waals surface area contributed by atoms with Crippen LogP contribution in [0.2, 0.25) is 0 Å². The van der Waals surface area contributed by atoms with Crippen molar-refractivity contribution in [1.82, 2.24) is 5.32 Å². The Morgan fingerprint density at radius 2 is 1.67 bits per heavy atom. The van der Waals surface area contributed by atoms with Gasteiger partial charge in [-0.2, -0.15) is 0 Å². The number of amides is 2. The molecule has 30 heavy (non-hydrogen) atoms. The van der Waals surface area contributed by atoms with Crippen LogP contribution in [0.15, 0.2) is 48.5 Å². The second-order valence-electron chi connectivity index (χ2n) is 6.69. The van der Waals surface area contributed by atoms with Gasteiger partial charge in [0.15, 0.2) is 0 Å². The number of alkyl halides is 3. The first-order valence-electron chi connectivity index (χ1n) is 9.30. The van der Waals surface area contributed by atoms with E-state index in [2.05, 4.69) is 15.4 Å². The first kappa shape index (κ1) is 23.1. The summed E-state index contributed by atoms with van der Waals surface area (Å²) in [5.41, 5.74) is 0.565. The van der Waals surface area contributed by atoms with E-state index in [1.807, 2.05) is 0 Å². The lowest BCUT2D eigenvalue weighted by Crippen LogP contribution is -2.47. The van der Waals surface area contributed by atoms with Crippen molar-refractivity contribution in [3.05, 3.63) is 54.1 Å². The highest BCUT2D eigenvalue weighted by Crippen LogP contribution is 2.24. The van der Waals surface area contributed by atoms with Crippen molar-refractivity contribution in [2.24, 2.45) is 5.92 Å². The zero-order valence-electron chi connectivity index (χ0n) is 16.7. The number of benzene rings is 2. The molecule has 2 aromatic rings. The summed E-state index contributed by atoms with van der Waals surface area (Å²) in [5, 5.41) is 5.28. The normalized spacial score (nSPS) is 12.2. The van der Waals surface area contributed by atoms with Crippen LogP contribution in [0.25, 0.3) is 0 Å². The second kappa shape index (κ2) is 10.00. The van der Waals surface area contributed by atoms with Gasteiger partial charge in [0, 0.05) is 5.69 Å². The van der Waals surface area contributed by atoms with E-state index in [1.165, 1.54) is 12.1 Å². The van der Waals surface area contributed by atoms with E-state index in [-0.39, 0.29) is 11.6 Å². The highest BCUT2D eigenvalue weighted by Gasteiger charge is 2.31. The number of para-hydroxylation sites is 1. The molecular formula is C21H23F3N2O4. The fourth-order valence-corrected chi connectivity index (χ4v) is 2.65. The molecule has 0 radical (unpaired) electrons. The van der Waals surface area contributed by atoms with E-state index in [4.69, 9.17) is 4.74 Å². The zero-order valence-corrected chi connectivity index (χ0v) is 16.7. The Hall–Kier alpha value is -3.23. The van der Waals surface area contributed by atoms with Crippen LogP contribution in [-0.2, 0) is 4.79 Å². The summed E-state index contributed by atoms with van der Waals surface area (Å²) in [6.07, 6.45) is -4.80. The van der Waals surface area contributed by atoms with E-state index in [0.29, 0.717) is 17.9 Å². The number of nitrogens with one attached hydrogen (secondary N) is 2. The van der Waals surface area contributed by atoms with Crippen molar-refractivity contribution in [2.75, 3.05) is 11.9 Å². The van der Waals surface area contributed by atoms with Gasteiger partial charge in [0.05, 0.1) is 12.2 Å². The quantitative estimate of drug-likeness (QED) is 0.660. The Morgan fingerprint density at radius 3 is 2.23 bits per heavy atom. The molecule has 2 aromatic carbocycles. The number of anilines is 1. The maximum absolute atomic E-state index is 12.7. The number of carbonyl (C=O) groups excluding carboxylic acids is 2. The molecule has 0 saturated carbocycles. The van der Waals surface area contributed by atoms with Gasteiger partial charge in [-0.1, -0.05) is 26.0 Å². The smallest absolute Gasteiger partial charge is 0.493 e. The molecule has 0 aliphatic heterocycles. The molecule has 162 valence electrons. The van der Waals surface area contributed by atoms with Crippen LogP contribution in [0.3, 0.4) is 0 Å². The molecule has 0 heterocycles. The average Bonchev–Trinajstić information content (AvgIpc) is 2.66. The van der Waals surface area contributed by atoms with E-state index >= 15 is 0 Å². The average molecular weight is 424 g/mol. The summed E-state index contributed by atoms with van der Waals surface area (Å²) in [6, 6.07) is 10.5. The number of hydrogen-bond donors (Lipinski definition) is 2. The molecule has 0 aromatic heterocycles. The van der Waals surface area contributed by atoms with Crippen molar-refractivity contribution < 1.29 is 32.2 Å². The number of ether oxygens (including phenoxy) is 2. The molecule has 0 saturated heterocycles. The van der Waals surface area contributed by atoms with E-state index < -0.39 is 30.0 Å². The molecule has 2 N–H and O–H groups in total. The fourth-order valence-electron chi connectivity index (χ4n) is 2.65. The highest BCUT2D eigenvalue weighted by molar-refractivity contribution is 6.02. The van der Waals surface area contributed by atoms with Gasteiger partial charge in [-0.3, -0.25) is 9.59 Å². The Balaban J connectivity index is 2.09.